The summed E-state index contributed by atoms with van der Waals surface area (Å²) in [5.74, 6) is -0.626. The fourth-order valence-corrected chi connectivity index (χ4v) is 5.12. The highest BCUT2D eigenvalue weighted by Gasteiger charge is 2.42. The van der Waals surface area contributed by atoms with Gasteiger partial charge in [-0.05, 0) is 36.5 Å². The molecule has 1 heterocycles. The molecule has 0 aromatic heterocycles. The first-order valence-corrected chi connectivity index (χ1v) is 14.2. The Morgan fingerprint density at radius 2 is 1.90 bits per heavy atom. The Bertz CT molecular complexity index is 746. The van der Waals surface area contributed by atoms with Gasteiger partial charge in [-0.3, -0.25) is 4.79 Å². The molecule has 0 aliphatic carbocycles. The van der Waals surface area contributed by atoms with Crippen LogP contribution >= 0.6 is 0 Å². The van der Waals surface area contributed by atoms with Gasteiger partial charge in [-0.25, -0.2) is 9.69 Å². The van der Waals surface area contributed by atoms with Gasteiger partial charge in [0.2, 0.25) is 5.91 Å². The number of aliphatic hydroxyl groups excluding tert-OH is 1. The van der Waals surface area contributed by atoms with Crippen LogP contribution in [0.1, 0.15) is 53.0 Å². The number of hydrogen-bond acceptors (Lipinski definition) is 5. The lowest BCUT2D eigenvalue weighted by atomic mass is 9.93. The normalized spacial score (nSPS) is 20.3. The number of aliphatic hydroxyl groups is 1. The first-order chi connectivity index (χ1) is 14.4. The number of benzene rings is 1. The summed E-state index contributed by atoms with van der Waals surface area (Å²) in [6, 6.07) is 9.36. The maximum atomic E-state index is 13.0. The zero-order chi connectivity index (χ0) is 23.4. The number of amides is 2. The van der Waals surface area contributed by atoms with Crippen LogP contribution in [0.15, 0.2) is 30.3 Å². The topological polar surface area (TPSA) is 76.1 Å². The summed E-state index contributed by atoms with van der Waals surface area (Å²) in [6.45, 7) is 15.1. The van der Waals surface area contributed by atoms with Crippen LogP contribution in [-0.2, 0) is 20.4 Å². The highest BCUT2D eigenvalue weighted by Crippen LogP contribution is 2.39. The molecule has 0 bridgehead atoms. The lowest BCUT2D eigenvalue weighted by molar-refractivity contribution is -0.132. The number of cyclic esters (lactones) is 1. The van der Waals surface area contributed by atoms with Crippen LogP contribution in [0.25, 0.3) is 0 Å². The first kappa shape index (κ1) is 25.6. The van der Waals surface area contributed by atoms with E-state index in [1.165, 1.54) is 4.90 Å². The molecule has 31 heavy (non-hydrogen) atoms. The number of carbonyl (C=O) groups excluding carboxylic acids is 2. The van der Waals surface area contributed by atoms with E-state index in [1.54, 1.807) is 0 Å². The first-order valence-electron chi connectivity index (χ1n) is 11.3. The minimum Gasteiger partial charge on any atom is -0.447 e. The molecule has 1 aliphatic heterocycles. The summed E-state index contributed by atoms with van der Waals surface area (Å²) in [5, 5.41) is 10.9. The van der Waals surface area contributed by atoms with Crippen LogP contribution in [0.4, 0.5) is 4.79 Å². The summed E-state index contributed by atoms with van der Waals surface area (Å²) in [7, 11) is -2.01. The van der Waals surface area contributed by atoms with Crippen molar-refractivity contribution in [1.29, 1.82) is 0 Å². The van der Waals surface area contributed by atoms with Gasteiger partial charge in [0, 0.05) is 12.0 Å². The lowest BCUT2D eigenvalue weighted by Crippen LogP contribution is -2.48. The lowest BCUT2D eigenvalue weighted by Gasteiger charge is -2.41. The van der Waals surface area contributed by atoms with Gasteiger partial charge in [0.15, 0.2) is 8.32 Å². The van der Waals surface area contributed by atoms with Gasteiger partial charge in [0.25, 0.3) is 0 Å². The Labute approximate surface area is 188 Å². The molecule has 7 heteroatoms. The average molecular weight is 450 g/mol. The van der Waals surface area contributed by atoms with E-state index in [0.717, 1.165) is 12.0 Å². The van der Waals surface area contributed by atoms with Crippen molar-refractivity contribution in [3.63, 3.8) is 0 Å². The van der Waals surface area contributed by atoms with Crippen LogP contribution in [0.3, 0.4) is 0 Å². The molecule has 1 fully saturated rings. The van der Waals surface area contributed by atoms with Crippen molar-refractivity contribution in [2.24, 2.45) is 5.92 Å². The molecule has 1 aliphatic rings. The highest BCUT2D eigenvalue weighted by molar-refractivity contribution is 6.74. The zero-order valence-corrected chi connectivity index (χ0v) is 21.1. The van der Waals surface area contributed by atoms with E-state index in [9.17, 15) is 14.7 Å². The summed E-state index contributed by atoms with van der Waals surface area (Å²) >= 11 is 0. The van der Waals surface area contributed by atoms with Crippen molar-refractivity contribution in [1.82, 2.24) is 4.90 Å². The van der Waals surface area contributed by atoms with Crippen molar-refractivity contribution in [3.8, 4) is 0 Å². The van der Waals surface area contributed by atoms with Gasteiger partial charge in [-0.2, -0.15) is 0 Å². The van der Waals surface area contributed by atoms with Gasteiger partial charge in [0.1, 0.15) is 6.61 Å². The molecule has 0 radical (unpaired) electrons. The van der Waals surface area contributed by atoms with Crippen molar-refractivity contribution in [2.45, 2.75) is 90.3 Å². The molecular weight excluding hydrogens is 410 g/mol. The molecule has 6 nitrogen and oxygen atoms in total. The summed E-state index contributed by atoms with van der Waals surface area (Å²) in [4.78, 5) is 26.4. The minimum atomic E-state index is -2.01. The van der Waals surface area contributed by atoms with Gasteiger partial charge < -0.3 is 14.3 Å². The Hall–Kier alpha value is -1.70. The second-order valence-electron chi connectivity index (χ2n) is 10.1. The molecule has 1 saturated heterocycles. The molecule has 2 amide bonds. The van der Waals surface area contributed by atoms with Crippen LogP contribution in [0.2, 0.25) is 18.1 Å². The molecule has 1 aromatic carbocycles. The summed E-state index contributed by atoms with van der Waals surface area (Å²) in [5.41, 5.74) is 1.03. The van der Waals surface area contributed by atoms with E-state index in [-0.39, 0.29) is 36.1 Å². The third kappa shape index (κ3) is 6.40. The number of hydrogen-bond donors (Lipinski definition) is 1. The molecular formula is C24H39NO5Si. The van der Waals surface area contributed by atoms with Gasteiger partial charge in [-0.1, -0.05) is 65.0 Å². The molecule has 174 valence electrons. The van der Waals surface area contributed by atoms with Gasteiger partial charge >= 0.3 is 6.09 Å². The number of rotatable bonds is 9. The van der Waals surface area contributed by atoms with E-state index >= 15 is 0 Å². The van der Waals surface area contributed by atoms with E-state index in [4.69, 9.17) is 9.16 Å². The predicted octanol–water partition coefficient (Wildman–Crippen LogP) is 4.76. The Morgan fingerprint density at radius 3 is 2.45 bits per heavy atom. The van der Waals surface area contributed by atoms with E-state index in [1.807, 2.05) is 44.2 Å². The Balaban J connectivity index is 2.04. The van der Waals surface area contributed by atoms with E-state index in [2.05, 4.69) is 33.9 Å². The van der Waals surface area contributed by atoms with Crippen molar-refractivity contribution < 1.29 is 23.9 Å². The number of ether oxygens (including phenoxy) is 1. The van der Waals surface area contributed by atoms with E-state index in [0.29, 0.717) is 6.42 Å². The Morgan fingerprint density at radius 1 is 1.29 bits per heavy atom. The highest BCUT2D eigenvalue weighted by atomic mass is 28.4. The average Bonchev–Trinajstić information content (AvgIpc) is 3.05. The van der Waals surface area contributed by atoms with E-state index < -0.39 is 26.4 Å². The van der Waals surface area contributed by atoms with Crippen molar-refractivity contribution >= 4 is 20.3 Å². The zero-order valence-electron chi connectivity index (χ0n) is 20.1. The minimum absolute atomic E-state index is 0.0604. The second kappa shape index (κ2) is 10.3. The monoisotopic (exact) mass is 449 g/mol. The number of imide groups is 1. The standard InChI is InChI=1S/C24H39NO5Si/c1-8-21(30-31(6,7)24(3,4)5)17(2)20(26)15-22(27)25-19(16-29-23(25)28)14-18-12-10-9-11-13-18/h9-13,17,19-21,26H,8,14-16H2,1-7H3/t17-,19-,20+,21-/m1/s1. The molecule has 2 rings (SSSR count). The van der Waals surface area contributed by atoms with Crippen molar-refractivity contribution in [2.75, 3.05) is 6.61 Å². The molecule has 0 saturated carbocycles. The molecule has 4 atom stereocenters. The fraction of sp³-hybridized carbons (Fsp3) is 0.667. The Kier molecular flexibility index (Phi) is 8.47. The maximum Gasteiger partial charge on any atom is 0.416 e. The van der Waals surface area contributed by atoms with Crippen LogP contribution < -0.4 is 0 Å². The number of carbonyl (C=O) groups is 2. The number of nitrogens with zero attached hydrogens (tertiary/aromatic N) is 1. The molecule has 1 N–H and O–H groups in total. The smallest absolute Gasteiger partial charge is 0.416 e. The molecule has 0 spiro atoms. The fourth-order valence-electron chi connectivity index (χ4n) is 3.63. The third-order valence-electron chi connectivity index (χ3n) is 6.78. The van der Waals surface area contributed by atoms with Crippen molar-refractivity contribution in [3.05, 3.63) is 35.9 Å². The van der Waals surface area contributed by atoms with Crippen LogP contribution in [0, 0.1) is 5.92 Å². The maximum absolute atomic E-state index is 13.0. The van der Waals surface area contributed by atoms with Gasteiger partial charge in [-0.15, -0.1) is 0 Å². The second-order valence-corrected chi connectivity index (χ2v) is 14.9. The largest absolute Gasteiger partial charge is 0.447 e. The third-order valence-corrected chi connectivity index (χ3v) is 11.3. The molecule has 1 aromatic rings. The van der Waals surface area contributed by atoms with Crippen LogP contribution in [-0.4, -0.2) is 55.2 Å². The summed E-state index contributed by atoms with van der Waals surface area (Å²) < 4.78 is 11.7. The quantitative estimate of drug-likeness (QED) is 0.550. The summed E-state index contributed by atoms with van der Waals surface area (Å²) in [6.07, 6.45) is -0.506. The van der Waals surface area contributed by atoms with Crippen LogP contribution in [0.5, 0.6) is 0 Å². The van der Waals surface area contributed by atoms with Gasteiger partial charge in [0.05, 0.1) is 18.6 Å². The predicted molar refractivity (Wildman–Crippen MR) is 124 cm³/mol. The SMILES string of the molecule is CC[C@@H](O[Si](C)(C)C(C)(C)C)[C@H](C)[C@@H](O)CC(=O)N1C(=O)OC[C@H]1Cc1ccccc1. The molecule has 0 unspecified atom stereocenters.